The van der Waals surface area contributed by atoms with E-state index in [4.69, 9.17) is 0 Å². The average molecular weight is 406 g/mol. The van der Waals surface area contributed by atoms with Gasteiger partial charge in [-0.15, -0.1) is 0 Å². The van der Waals surface area contributed by atoms with Crippen molar-refractivity contribution in [2.75, 3.05) is 0 Å². The SMILES string of the molecule is Br/C=C/[C@H](Cc1ccccc1)N(Cc1ccccc1)Cc1ccccc1. The van der Waals surface area contributed by atoms with Crippen molar-refractivity contribution < 1.29 is 0 Å². The number of hydrogen-bond acceptors (Lipinski definition) is 1. The van der Waals surface area contributed by atoms with Crippen molar-refractivity contribution in [2.24, 2.45) is 0 Å². The molecule has 0 spiro atoms. The van der Waals surface area contributed by atoms with E-state index in [1.807, 2.05) is 4.99 Å². The van der Waals surface area contributed by atoms with Crippen LogP contribution in [-0.4, -0.2) is 10.9 Å². The van der Waals surface area contributed by atoms with Crippen molar-refractivity contribution >= 4 is 15.9 Å². The second-order valence-electron chi connectivity index (χ2n) is 6.45. The molecule has 0 aliphatic rings. The largest absolute Gasteiger partial charge is 0.288 e. The number of hydrogen-bond donors (Lipinski definition) is 0. The summed E-state index contributed by atoms with van der Waals surface area (Å²) in [6.07, 6.45) is 3.24. The second-order valence-corrected chi connectivity index (χ2v) is 6.98. The Morgan fingerprint density at radius 3 is 1.50 bits per heavy atom. The maximum atomic E-state index is 3.50. The topological polar surface area (TPSA) is 3.24 Å². The number of halogens is 1. The van der Waals surface area contributed by atoms with Gasteiger partial charge in [-0.25, -0.2) is 0 Å². The lowest BCUT2D eigenvalue weighted by Crippen LogP contribution is -2.34. The standard InChI is InChI=1S/C24H24BrN/c25-17-16-24(18-21-10-4-1-5-11-21)26(19-22-12-6-2-7-13-22)20-23-14-8-3-9-15-23/h1-17,24H,18-20H2/b17-16+/t24-/m1/s1. The predicted molar refractivity (Wildman–Crippen MR) is 114 cm³/mol. The zero-order chi connectivity index (χ0) is 18.0. The number of benzene rings is 3. The lowest BCUT2D eigenvalue weighted by atomic mass is 10.0. The van der Waals surface area contributed by atoms with E-state index in [2.05, 4.69) is 118 Å². The lowest BCUT2D eigenvalue weighted by Gasteiger charge is -2.30. The fraction of sp³-hybridized carbons (Fsp3) is 0.167. The summed E-state index contributed by atoms with van der Waals surface area (Å²) in [5.41, 5.74) is 4.03. The zero-order valence-electron chi connectivity index (χ0n) is 14.8. The quantitative estimate of drug-likeness (QED) is 0.430. The highest BCUT2D eigenvalue weighted by molar-refractivity contribution is 9.11. The van der Waals surface area contributed by atoms with E-state index in [0.29, 0.717) is 6.04 Å². The van der Waals surface area contributed by atoms with Crippen LogP contribution in [0.3, 0.4) is 0 Å². The van der Waals surface area contributed by atoms with Gasteiger partial charge in [0.1, 0.15) is 0 Å². The Morgan fingerprint density at radius 2 is 1.08 bits per heavy atom. The van der Waals surface area contributed by atoms with Crippen LogP contribution in [0.2, 0.25) is 0 Å². The molecule has 0 saturated carbocycles. The maximum Gasteiger partial charge on any atom is 0.0333 e. The Bertz CT molecular complexity index is 743. The Labute approximate surface area is 165 Å². The minimum Gasteiger partial charge on any atom is -0.288 e. The lowest BCUT2D eigenvalue weighted by molar-refractivity contribution is 0.209. The van der Waals surface area contributed by atoms with E-state index in [0.717, 1.165) is 19.5 Å². The summed E-state index contributed by atoms with van der Waals surface area (Å²) in [6, 6.07) is 32.5. The van der Waals surface area contributed by atoms with Gasteiger partial charge >= 0.3 is 0 Å². The van der Waals surface area contributed by atoms with E-state index < -0.39 is 0 Å². The molecule has 0 heterocycles. The van der Waals surface area contributed by atoms with E-state index in [1.54, 1.807) is 0 Å². The molecule has 3 aromatic rings. The van der Waals surface area contributed by atoms with Crippen LogP contribution in [0, 0.1) is 0 Å². The van der Waals surface area contributed by atoms with Crippen molar-refractivity contribution in [1.82, 2.24) is 4.90 Å². The molecule has 1 atom stereocenters. The Hall–Kier alpha value is -2.16. The summed E-state index contributed by atoms with van der Waals surface area (Å²) in [6.45, 7) is 1.84. The van der Waals surface area contributed by atoms with Crippen molar-refractivity contribution in [3.05, 3.63) is 119 Å². The van der Waals surface area contributed by atoms with Crippen molar-refractivity contribution in [2.45, 2.75) is 25.6 Å². The van der Waals surface area contributed by atoms with Gasteiger partial charge in [0, 0.05) is 19.1 Å². The van der Waals surface area contributed by atoms with Crippen molar-refractivity contribution in [3.8, 4) is 0 Å². The van der Waals surface area contributed by atoms with Gasteiger partial charge in [0.05, 0.1) is 0 Å². The summed E-state index contributed by atoms with van der Waals surface area (Å²) in [4.78, 5) is 4.53. The molecule has 0 bridgehead atoms. The first-order valence-corrected chi connectivity index (χ1v) is 9.89. The fourth-order valence-corrected chi connectivity index (χ4v) is 3.54. The molecule has 3 rings (SSSR count). The van der Waals surface area contributed by atoms with Crippen molar-refractivity contribution in [1.29, 1.82) is 0 Å². The third-order valence-electron chi connectivity index (χ3n) is 4.51. The Kier molecular flexibility index (Phi) is 7.24. The molecular weight excluding hydrogens is 382 g/mol. The van der Waals surface area contributed by atoms with E-state index in [1.165, 1.54) is 16.7 Å². The van der Waals surface area contributed by atoms with Gasteiger partial charge in [-0.2, -0.15) is 0 Å². The number of nitrogens with zero attached hydrogens (tertiary/aromatic N) is 1. The minimum absolute atomic E-state index is 0.317. The molecule has 0 aliphatic carbocycles. The molecule has 0 unspecified atom stereocenters. The smallest absolute Gasteiger partial charge is 0.0333 e. The maximum absolute atomic E-state index is 3.50. The van der Waals surface area contributed by atoms with Gasteiger partial charge in [0.2, 0.25) is 0 Å². The summed E-state index contributed by atoms with van der Waals surface area (Å²) >= 11 is 3.50. The Morgan fingerprint density at radius 1 is 0.654 bits per heavy atom. The zero-order valence-corrected chi connectivity index (χ0v) is 16.4. The molecule has 0 aliphatic heterocycles. The normalized spacial score (nSPS) is 12.5. The second kappa shape index (κ2) is 10.1. The van der Waals surface area contributed by atoms with Gasteiger partial charge in [0.15, 0.2) is 0 Å². The van der Waals surface area contributed by atoms with Gasteiger partial charge in [-0.1, -0.05) is 113 Å². The molecule has 132 valence electrons. The molecule has 0 saturated heterocycles. The monoisotopic (exact) mass is 405 g/mol. The average Bonchev–Trinajstić information content (AvgIpc) is 2.70. The van der Waals surface area contributed by atoms with E-state index in [-0.39, 0.29) is 0 Å². The summed E-state index contributed by atoms with van der Waals surface area (Å²) in [5, 5.41) is 0. The van der Waals surface area contributed by atoms with Gasteiger partial charge in [0.25, 0.3) is 0 Å². The van der Waals surface area contributed by atoms with Crippen LogP contribution < -0.4 is 0 Å². The molecule has 2 heteroatoms. The van der Waals surface area contributed by atoms with Crippen LogP contribution in [0.25, 0.3) is 0 Å². The first-order valence-electron chi connectivity index (χ1n) is 8.98. The van der Waals surface area contributed by atoms with Gasteiger partial charge in [-0.05, 0) is 28.1 Å². The first kappa shape index (κ1) is 18.6. The molecule has 0 radical (unpaired) electrons. The first-order chi connectivity index (χ1) is 12.8. The van der Waals surface area contributed by atoms with Crippen LogP contribution >= 0.6 is 15.9 Å². The molecule has 0 N–H and O–H groups in total. The van der Waals surface area contributed by atoms with Crippen LogP contribution in [0.5, 0.6) is 0 Å². The number of rotatable bonds is 8. The molecule has 0 fully saturated rings. The van der Waals surface area contributed by atoms with Crippen LogP contribution in [0.4, 0.5) is 0 Å². The highest BCUT2D eigenvalue weighted by atomic mass is 79.9. The third-order valence-corrected chi connectivity index (χ3v) is 4.81. The van der Waals surface area contributed by atoms with E-state index in [9.17, 15) is 0 Å². The van der Waals surface area contributed by atoms with Crippen LogP contribution in [0.15, 0.2) is 102 Å². The summed E-state index contributed by atoms with van der Waals surface area (Å²) < 4.78 is 0. The Balaban J connectivity index is 1.85. The third kappa shape index (κ3) is 5.69. The molecular formula is C24H24BrN. The predicted octanol–water partition coefficient (Wildman–Crippen LogP) is 6.21. The van der Waals surface area contributed by atoms with E-state index >= 15 is 0 Å². The molecule has 3 aromatic carbocycles. The summed E-state index contributed by atoms with van der Waals surface area (Å²) in [7, 11) is 0. The minimum atomic E-state index is 0.317. The molecule has 0 aromatic heterocycles. The van der Waals surface area contributed by atoms with Crippen molar-refractivity contribution in [3.63, 3.8) is 0 Å². The summed E-state index contributed by atoms with van der Waals surface area (Å²) in [5.74, 6) is 0. The van der Waals surface area contributed by atoms with Crippen LogP contribution in [-0.2, 0) is 19.5 Å². The highest BCUT2D eigenvalue weighted by Gasteiger charge is 2.17. The van der Waals surface area contributed by atoms with Gasteiger partial charge in [-0.3, -0.25) is 4.90 Å². The molecule has 1 nitrogen and oxygen atoms in total. The van der Waals surface area contributed by atoms with Gasteiger partial charge < -0.3 is 0 Å². The molecule has 26 heavy (non-hydrogen) atoms. The fourth-order valence-electron chi connectivity index (χ4n) is 3.18. The molecule has 0 amide bonds. The van der Waals surface area contributed by atoms with Crippen LogP contribution in [0.1, 0.15) is 16.7 Å². The highest BCUT2D eigenvalue weighted by Crippen LogP contribution is 2.18.